The zero-order valence-electron chi connectivity index (χ0n) is 9.03. The van der Waals surface area contributed by atoms with Crippen molar-refractivity contribution >= 4 is 0 Å². The van der Waals surface area contributed by atoms with Gasteiger partial charge < -0.3 is 11.5 Å². The lowest BCUT2D eigenvalue weighted by Crippen LogP contribution is -2.51. The second kappa shape index (κ2) is 4.58. The van der Waals surface area contributed by atoms with Crippen LogP contribution in [0, 0.1) is 0 Å². The maximum Gasteiger partial charge on any atom is 0.0560 e. The van der Waals surface area contributed by atoms with E-state index in [2.05, 4.69) is 26.0 Å². The molecule has 1 rings (SSSR count). The summed E-state index contributed by atoms with van der Waals surface area (Å²) in [5, 5.41) is 0. The Labute approximate surface area is 86.3 Å². The summed E-state index contributed by atoms with van der Waals surface area (Å²) >= 11 is 0. The van der Waals surface area contributed by atoms with Crippen LogP contribution in [0.4, 0.5) is 0 Å². The minimum absolute atomic E-state index is 0.0231. The van der Waals surface area contributed by atoms with E-state index in [1.54, 1.807) is 0 Å². The van der Waals surface area contributed by atoms with Crippen molar-refractivity contribution in [3.8, 4) is 0 Å². The lowest BCUT2D eigenvalue weighted by Gasteiger charge is -2.34. The van der Waals surface area contributed by atoms with E-state index in [4.69, 9.17) is 11.5 Å². The van der Waals surface area contributed by atoms with Crippen LogP contribution in [0.2, 0.25) is 0 Å². The molecule has 1 aromatic rings. The van der Waals surface area contributed by atoms with Crippen molar-refractivity contribution in [3.63, 3.8) is 0 Å². The third-order valence-electron chi connectivity index (χ3n) is 3.00. The molecule has 0 aliphatic heterocycles. The van der Waals surface area contributed by atoms with E-state index in [1.807, 2.05) is 18.2 Å². The van der Waals surface area contributed by atoms with Gasteiger partial charge in [0.1, 0.15) is 0 Å². The van der Waals surface area contributed by atoms with Gasteiger partial charge in [0.15, 0.2) is 0 Å². The van der Waals surface area contributed by atoms with Crippen molar-refractivity contribution in [1.82, 2.24) is 0 Å². The highest BCUT2D eigenvalue weighted by Crippen LogP contribution is 2.26. The van der Waals surface area contributed by atoms with Crippen molar-refractivity contribution in [2.75, 3.05) is 0 Å². The second-order valence-corrected chi connectivity index (χ2v) is 3.77. The summed E-state index contributed by atoms with van der Waals surface area (Å²) in [5.41, 5.74) is 13.2. The molecular formula is C12H20N2. The van der Waals surface area contributed by atoms with Gasteiger partial charge in [-0.1, -0.05) is 44.2 Å². The monoisotopic (exact) mass is 192 g/mol. The van der Waals surface area contributed by atoms with Crippen LogP contribution in [0.15, 0.2) is 30.3 Å². The first-order valence-corrected chi connectivity index (χ1v) is 5.25. The summed E-state index contributed by atoms with van der Waals surface area (Å²) in [6.45, 7) is 4.16. The van der Waals surface area contributed by atoms with Gasteiger partial charge in [-0.25, -0.2) is 0 Å². The van der Waals surface area contributed by atoms with Gasteiger partial charge >= 0.3 is 0 Å². The summed E-state index contributed by atoms with van der Waals surface area (Å²) in [5.74, 6) is 0. The number of nitrogens with two attached hydrogens (primary N) is 2. The van der Waals surface area contributed by atoms with E-state index < -0.39 is 0 Å². The molecule has 0 amide bonds. The molecule has 0 saturated carbocycles. The maximum absolute atomic E-state index is 6.35. The highest BCUT2D eigenvalue weighted by molar-refractivity contribution is 5.25. The zero-order chi connectivity index (χ0) is 10.6. The lowest BCUT2D eigenvalue weighted by molar-refractivity contribution is 0.333. The molecule has 0 saturated heterocycles. The molecule has 2 heteroatoms. The topological polar surface area (TPSA) is 52.0 Å². The molecule has 0 radical (unpaired) electrons. The van der Waals surface area contributed by atoms with Gasteiger partial charge in [0.2, 0.25) is 0 Å². The van der Waals surface area contributed by atoms with Gasteiger partial charge in [-0.3, -0.25) is 0 Å². The molecule has 0 heterocycles. The fraction of sp³-hybridized carbons (Fsp3) is 0.500. The average molecular weight is 192 g/mol. The van der Waals surface area contributed by atoms with Gasteiger partial charge in [0, 0.05) is 6.04 Å². The lowest BCUT2D eigenvalue weighted by atomic mass is 9.81. The van der Waals surface area contributed by atoms with Gasteiger partial charge in [-0.2, -0.15) is 0 Å². The summed E-state index contributed by atoms with van der Waals surface area (Å²) in [6.07, 6.45) is 1.77. The third kappa shape index (κ3) is 1.97. The van der Waals surface area contributed by atoms with Crippen LogP contribution in [0.3, 0.4) is 0 Å². The third-order valence-corrected chi connectivity index (χ3v) is 3.00. The maximum atomic E-state index is 6.35. The molecule has 2 nitrogen and oxygen atoms in total. The normalized spacial score (nSPS) is 17.4. The SMILES string of the molecule is CCC(N)C(N)(CC)c1ccccc1. The van der Waals surface area contributed by atoms with E-state index >= 15 is 0 Å². The van der Waals surface area contributed by atoms with Crippen LogP contribution >= 0.6 is 0 Å². The quantitative estimate of drug-likeness (QED) is 0.766. The van der Waals surface area contributed by atoms with Crippen LogP contribution in [0.5, 0.6) is 0 Å². The van der Waals surface area contributed by atoms with Crippen LogP contribution in [-0.2, 0) is 5.54 Å². The Morgan fingerprint density at radius 3 is 2.21 bits per heavy atom. The molecule has 14 heavy (non-hydrogen) atoms. The molecule has 0 aliphatic carbocycles. The average Bonchev–Trinajstić information content (AvgIpc) is 2.28. The smallest absolute Gasteiger partial charge is 0.0560 e. The Morgan fingerprint density at radius 1 is 1.21 bits per heavy atom. The van der Waals surface area contributed by atoms with Crippen molar-refractivity contribution in [1.29, 1.82) is 0 Å². The van der Waals surface area contributed by atoms with Crippen molar-refractivity contribution in [2.24, 2.45) is 11.5 Å². The molecule has 0 bridgehead atoms. The van der Waals surface area contributed by atoms with E-state index in [1.165, 1.54) is 0 Å². The highest BCUT2D eigenvalue weighted by Gasteiger charge is 2.30. The van der Waals surface area contributed by atoms with E-state index in [9.17, 15) is 0 Å². The summed E-state index contributed by atoms with van der Waals surface area (Å²) in [7, 11) is 0. The molecule has 2 atom stereocenters. The van der Waals surface area contributed by atoms with Crippen LogP contribution in [0.1, 0.15) is 32.3 Å². The van der Waals surface area contributed by atoms with Gasteiger partial charge in [0.25, 0.3) is 0 Å². The molecule has 0 aliphatic rings. The number of hydrogen-bond acceptors (Lipinski definition) is 2. The second-order valence-electron chi connectivity index (χ2n) is 3.77. The van der Waals surface area contributed by atoms with E-state index in [0.717, 1.165) is 18.4 Å². The standard InChI is InChI=1S/C12H20N2/c1-3-11(13)12(14,4-2)10-8-6-5-7-9-10/h5-9,11H,3-4,13-14H2,1-2H3. The molecule has 4 N–H and O–H groups in total. The minimum atomic E-state index is -0.379. The van der Waals surface area contributed by atoms with Crippen molar-refractivity contribution < 1.29 is 0 Å². The summed E-state index contributed by atoms with van der Waals surface area (Å²) < 4.78 is 0. The van der Waals surface area contributed by atoms with Crippen molar-refractivity contribution in [3.05, 3.63) is 35.9 Å². The van der Waals surface area contributed by atoms with Crippen LogP contribution < -0.4 is 11.5 Å². The van der Waals surface area contributed by atoms with Crippen LogP contribution in [0.25, 0.3) is 0 Å². The first-order valence-electron chi connectivity index (χ1n) is 5.25. The highest BCUT2D eigenvalue weighted by atomic mass is 14.9. The molecular weight excluding hydrogens is 172 g/mol. The number of benzene rings is 1. The van der Waals surface area contributed by atoms with Gasteiger partial charge in [-0.15, -0.1) is 0 Å². The Bertz CT molecular complexity index is 271. The first-order chi connectivity index (χ1) is 6.65. The predicted octanol–water partition coefficient (Wildman–Crippen LogP) is 1.99. The van der Waals surface area contributed by atoms with Gasteiger partial charge in [0.05, 0.1) is 5.54 Å². The summed E-state index contributed by atoms with van der Waals surface area (Å²) in [6, 6.07) is 10.1. The molecule has 1 aromatic carbocycles. The minimum Gasteiger partial charge on any atom is -0.326 e. The van der Waals surface area contributed by atoms with E-state index in [-0.39, 0.29) is 11.6 Å². The Balaban J connectivity index is 3.01. The van der Waals surface area contributed by atoms with E-state index in [0.29, 0.717) is 0 Å². The first kappa shape index (κ1) is 11.2. The fourth-order valence-electron chi connectivity index (χ4n) is 1.79. The molecule has 2 unspecified atom stereocenters. The fourth-order valence-corrected chi connectivity index (χ4v) is 1.79. The zero-order valence-corrected chi connectivity index (χ0v) is 9.03. The Hall–Kier alpha value is -0.860. The Kier molecular flexibility index (Phi) is 3.67. The Morgan fingerprint density at radius 2 is 1.79 bits per heavy atom. The molecule has 0 fully saturated rings. The molecule has 0 aromatic heterocycles. The van der Waals surface area contributed by atoms with Crippen molar-refractivity contribution in [2.45, 2.75) is 38.3 Å². The number of rotatable bonds is 4. The van der Waals surface area contributed by atoms with Crippen LogP contribution in [-0.4, -0.2) is 6.04 Å². The predicted molar refractivity (Wildman–Crippen MR) is 60.9 cm³/mol. The molecule has 0 spiro atoms. The largest absolute Gasteiger partial charge is 0.326 e. The summed E-state index contributed by atoms with van der Waals surface area (Å²) in [4.78, 5) is 0. The number of hydrogen-bond donors (Lipinski definition) is 2. The van der Waals surface area contributed by atoms with Gasteiger partial charge in [-0.05, 0) is 18.4 Å². The molecule has 78 valence electrons.